The van der Waals surface area contributed by atoms with Crippen LogP contribution in [0.5, 0.6) is 0 Å². The van der Waals surface area contributed by atoms with E-state index in [2.05, 4.69) is 40.1 Å². The Labute approximate surface area is 216 Å². The number of hydrogen-bond acceptors (Lipinski definition) is 8. The van der Waals surface area contributed by atoms with Crippen LogP contribution in [0.4, 0.5) is 5.82 Å². The number of nitrogens with zero attached hydrogens (tertiary/aromatic N) is 4. The van der Waals surface area contributed by atoms with Gasteiger partial charge in [0.05, 0.1) is 16.7 Å². The minimum atomic E-state index is -3.03. The molecule has 1 aromatic carbocycles. The molecule has 2 N–H and O–H groups in total. The van der Waals surface area contributed by atoms with Crippen molar-refractivity contribution in [3.05, 3.63) is 59.6 Å². The van der Waals surface area contributed by atoms with Crippen LogP contribution in [0.3, 0.4) is 0 Å². The highest BCUT2D eigenvalue weighted by Crippen LogP contribution is 2.36. The van der Waals surface area contributed by atoms with Crippen molar-refractivity contribution in [1.29, 1.82) is 4.78 Å². The average Bonchev–Trinajstić information content (AvgIpc) is 3.48. The highest BCUT2D eigenvalue weighted by molar-refractivity contribution is 7.92. The summed E-state index contributed by atoms with van der Waals surface area (Å²) in [5.41, 5.74) is 4.28. The molecule has 0 spiro atoms. The van der Waals surface area contributed by atoms with Crippen molar-refractivity contribution in [1.82, 2.24) is 19.2 Å². The second-order valence-corrected chi connectivity index (χ2v) is 12.8. The third kappa shape index (κ3) is 4.78. The summed E-state index contributed by atoms with van der Waals surface area (Å²) >= 11 is 1.39. The molecule has 10 heteroatoms. The highest BCUT2D eigenvalue weighted by atomic mass is 32.2. The van der Waals surface area contributed by atoms with Gasteiger partial charge in [-0.2, -0.15) is 0 Å². The summed E-state index contributed by atoms with van der Waals surface area (Å²) in [6, 6.07) is 10.0. The summed E-state index contributed by atoms with van der Waals surface area (Å²) in [7, 11) is -3.03. The number of rotatable bonds is 7. The van der Waals surface area contributed by atoms with E-state index in [1.807, 2.05) is 42.4 Å². The predicted octanol–water partition coefficient (Wildman–Crippen LogP) is 5.32. The first-order valence-corrected chi connectivity index (χ1v) is 14.4. The Kier molecular flexibility index (Phi) is 6.86. The summed E-state index contributed by atoms with van der Waals surface area (Å²) in [4.78, 5) is 12.2. The van der Waals surface area contributed by atoms with Crippen LogP contribution in [0.1, 0.15) is 23.6 Å². The van der Waals surface area contributed by atoms with Crippen molar-refractivity contribution >= 4 is 38.0 Å². The molecule has 8 nitrogen and oxygen atoms in total. The molecule has 1 aliphatic rings. The molecular weight excluding hydrogens is 492 g/mol. The lowest BCUT2D eigenvalue weighted by atomic mass is 10.1. The molecule has 0 saturated carbocycles. The molecule has 4 aromatic rings. The van der Waals surface area contributed by atoms with Crippen molar-refractivity contribution in [3.63, 3.8) is 0 Å². The number of benzene rings is 1. The average molecular weight is 525 g/mol. The van der Waals surface area contributed by atoms with Crippen LogP contribution in [-0.4, -0.2) is 62.1 Å². The normalized spacial score (nSPS) is 17.8. The molecule has 5 rings (SSSR count). The van der Waals surface area contributed by atoms with Gasteiger partial charge in [0.2, 0.25) is 0 Å². The van der Waals surface area contributed by atoms with Gasteiger partial charge in [-0.1, -0.05) is 12.1 Å². The fraction of sp³-hybridized carbons (Fsp3) is 0.385. The van der Waals surface area contributed by atoms with E-state index in [4.69, 9.17) is 9.20 Å². The van der Waals surface area contributed by atoms with E-state index >= 15 is 0 Å². The smallest absolute Gasteiger partial charge is 0.147 e. The Morgan fingerprint density at radius 3 is 2.61 bits per heavy atom. The largest absolute Gasteiger partial charge is 0.463 e. The molecule has 36 heavy (non-hydrogen) atoms. The van der Waals surface area contributed by atoms with Crippen molar-refractivity contribution in [2.45, 2.75) is 37.9 Å². The van der Waals surface area contributed by atoms with Gasteiger partial charge < -0.3 is 9.73 Å². The number of thiophene rings is 1. The molecule has 1 fully saturated rings. The monoisotopic (exact) mass is 524 g/mol. The van der Waals surface area contributed by atoms with Crippen LogP contribution in [0.15, 0.2) is 51.5 Å². The van der Waals surface area contributed by atoms with Crippen molar-refractivity contribution < 1.29 is 8.63 Å². The molecule has 0 radical (unpaired) electrons. The number of nitrogens with one attached hydrogen (secondary N) is 2. The van der Waals surface area contributed by atoms with E-state index in [9.17, 15) is 4.21 Å². The quantitative estimate of drug-likeness (QED) is 0.340. The maximum atomic E-state index is 13.5. The van der Waals surface area contributed by atoms with Gasteiger partial charge in [-0.15, -0.1) is 11.3 Å². The standard InChI is InChI=1S/C26H32N6O2S2/c1-17-6-5-7-21-24(17)28-16-29-26(21)30-19(3)14-31-10-12-32(13-11-31)36(27,33)23-9-8-22(35-23)25-20(4)18(2)15-34-25/h5-9,15-16,19,27H,10-14H2,1-4H3,(H,28,29,30)/t19-,36?/m0/s1. The summed E-state index contributed by atoms with van der Waals surface area (Å²) in [5, 5.41) is 4.57. The molecule has 3 aromatic heterocycles. The molecule has 0 amide bonds. The molecule has 0 aliphatic carbocycles. The molecule has 1 saturated heterocycles. The van der Waals surface area contributed by atoms with Gasteiger partial charge in [-0.25, -0.2) is 23.3 Å². The SMILES string of the molecule is Cc1coc(-c2ccc(S(=N)(=O)N3CCN(C[C@H](C)Nc4ncnc5c(C)cccc45)CC3)s2)c1C. The Morgan fingerprint density at radius 1 is 1.11 bits per heavy atom. The molecular formula is C26H32N6O2S2. The van der Waals surface area contributed by atoms with Crippen LogP contribution in [0.2, 0.25) is 0 Å². The van der Waals surface area contributed by atoms with E-state index < -0.39 is 9.92 Å². The number of furan rings is 1. The molecule has 4 heterocycles. The van der Waals surface area contributed by atoms with E-state index in [-0.39, 0.29) is 6.04 Å². The number of aryl methyl sites for hydroxylation is 2. The molecule has 2 atom stereocenters. The van der Waals surface area contributed by atoms with E-state index in [0.717, 1.165) is 63.7 Å². The zero-order valence-corrected chi connectivity index (χ0v) is 22.7. The number of fused-ring (bicyclic) bond motifs is 1. The Morgan fingerprint density at radius 2 is 1.89 bits per heavy atom. The summed E-state index contributed by atoms with van der Waals surface area (Å²) < 4.78 is 30.4. The Hall–Kier alpha value is -2.79. The van der Waals surface area contributed by atoms with Crippen LogP contribution < -0.4 is 5.32 Å². The lowest BCUT2D eigenvalue weighted by Gasteiger charge is -2.36. The molecule has 190 valence electrons. The second-order valence-electron chi connectivity index (χ2n) is 9.49. The third-order valence-electron chi connectivity index (χ3n) is 6.84. The van der Waals surface area contributed by atoms with Gasteiger partial charge in [0.15, 0.2) is 0 Å². The highest BCUT2D eigenvalue weighted by Gasteiger charge is 2.28. The number of para-hydroxylation sites is 1. The lowest BCUT2D eigenvalue weighted by molar-refractivity contribution is 0.187. The fourth-order valence-electron chi connectivity index (χ4n) is 4.65. The minimum Gasteiger partial charge on any atom is -0.463 e. The van der Waals surface area contributed by atoms with E-state index in [1.54, 1.807) is 12.6 Å². The lowest BCUT2D eigenvalue weighted by Crippen LogP contribution is -2.50. The van der Waals surface area contributed by atoms with Gasteiger partial charge >= 0.3 is 0 Å². The van der Waals surface area contributed by atoms with Crippen LogP contribution in [0, 0.1) is 25.6 Å². The zero-order chi connectivity index (χ0) is 25.4. The van der Waals surface area contributed by atoms with E-state index in [1.165, 1.54) is 11.3 Å². The first-order valence-electron chi connectivity index (χ1n) is 12.1. The van der Waals surface area contributed by atoms with Gasteiger partial charge in [0.1, 0.15) is 32.0 Å². The number of aromatic nitrogens is 2. The first-order chi connectivity index (χ1) is 17.2. The van der Waals surface area contributed by atoms with Crippen LogP contribution in [-0.2, 0) is 9.92 Å². The van der Waals surface area contributed by atoms with Crippen molar-refractivity contribution in [2.75, 3.05) is 38.0 Å². The zero-order valence-electron chi connectivity index (χ0n) is 21.1. The maximum absolute atomic E-state index is 13.5. The topological polar surface area (TPSA) is 98.4 Å². The predicted molar refractivity (Wildman–Crippen MR) is 146 cm³/mol. The molecule has 1 unspecified atom stereocenters. The van der Waals surface area contributed by atoms with Crippen molar-refractivity contribution in [3.8, 4) is 10.6 Å². The fourth-order valence-corrected chi connectivity index (χ4v) is 7.65. The number of hydrogen-bond donors (Lipinski definition) is 2. The Bertz CT molecular complexity index is 1490. The number of piperazine rings is 1. The van der Waals surface area contributed by atoms with Crippen LogP contribution in [0.25, 0.3) is 21.5 Å². The van der Waals surface area contributed by atoms with Gasteiger partial charge in [-0.3, -0.25) is 4.90 Å². The van der Waals surface area contributed by atoms with Gasteiger partial charge in [0, 0.05) is 44.2 Å². The van der Waals surface area contributed by atoms with Gasteiger partial charge in [-0.05, 0) is 62.6 Å². The number of anilines is 1. The van der Waals surface area contributed by atoms with Crippen molar-refractivity contribution in [2.24, 2.45) is 0 Å². The molecule has 0 bridgehead atoms. The van der Waals surface area contributed by atoms with Gasteiger partial charge in [0.25, 0.3) is 0 Å². The van der Waals surface area contributed by atoms with Crippen LogP contribution >= 0.6 is 11.3 Å². The summed E-state index contributed by atoms with van der Waals surface area (Å²) in [6.07, 6.45) is 3.35. The second kappa shape index (κ2) is 9.93. The summed E-state index contributed by atoms with van der Waals surface area (Å²) in [6.45, 7) is 11.8. The molecule has 1 aliphatic heterocycles. The summed E-state index contributed by atoms with van der Waals surface area (Å²) in [5.74, 6) is 1.65. The van der Waals surface area contributed by atoms with E-state index in [0.29, 0.717) is 17.3 Å². The maximum Gasteiger partial charge on any atom is 0.147 e. The first kappa shape index (κ1) is 24.9. The third-order valence-corrected chi connectivity index (χ3v) is 10.4. The minimum absolute atomic E-state index is 0.176. The Balaban J connectivity index is 1.20.